The SMILES string of the molecule is O=C(O)C=Cc1ccc(NC(=O)CCc2nnc(-c3ccccc3)o2)cc1. The van der Waals surface area contributed by atoms with E-state index in [1.54, 1.807) is 24.3 Å². The Morgan fingerprint density at radius 2 is 1.78 bits per heavy atom. The van der Waals surface area contributed by atoms with Gasteiger partial charge in [-0.05, 0) is 35.9 Å². The fourth-order valence-electron chi connectivity index (χ4n) is 2.34. The maximum atomic E-state index is 12.1. The first-order valence-electron chi connectivity index (χ1n) is 8.29. The third-order valence-corrected chi connectivity index (χ3v) is 3.67. The number of aromatic nitrogens is 2. The van der Waals surface area contributed by atoms with E-state index in [0.29, 0.717) is 23.9 Å². The maximum absolute atomic E-state index is 12.1. The van der Waals surface area contributed by atoms with Gasteiger partial charge in [0.15, 0.2) is 0 Å². The standard InChI is InChI=1S/C20H17N3O4/c24-17(21-16-9-6-14(7-10-16)8-13-19(25)26)11-12-18-22-23-20(27-18)15-4-2-1-3-5-15/h1-10,13H,11-12H2,(H,21,24)(H,25,26). The van der Waals surface area contributed by atoms with E-state index in [1.165, 1.54) is 6.08 Å². The van der Waals surface area contributed by atoms with Crippen molar-refractivity contribution in [3.8, 4) is 11.5 Å². The van der Waals surface area contributed by atoms with Gasteiger partial charge in [-0.2, -0.15) is 0 Å². The minimum atomic E-state index is -1.01. The summed E-state index contributed by atoms with van der Waals surface area (Å²) >= 11 is 0. The molecule has 3 rings (SSSR count). The fraction of sp³-hybridized carbons (Fsp3) is 0.100. The number of aliphatic carboxylic acids is 1. The van der Waals surface area contributed by atoms with Gasteiger partial charge < -0.3 is 14.8 Å². The largest absolute Gasteiger partial charge is 0.478 e. The highest BCUT2D eigenvalue weighted by Crippen LogP contribution is 2.18. The Balaban J connectivity index is 1.51. The zero-order valence-corrected chi connectivity index (χ0v) is 14.3. The molecule has 0 aliphatic rings. The molecule has 0 saturated carbocycles. The molecule has 1 aromatic heterocycles. The third kappa shape index (κ3) is 5.37. The van der Waals surface area contributed by atoms with Crippen molar-refractivity contribution in [2.75, 3.05) is 5.32 Å². The van der Waals surface area contributed by atoms with Gasteiger partial charge in [0.05, 0.1) is 0 Å². The lowest BCUT2D eigenvalue weighted by molar-refractivity contribution is -0.131. The van der Waals surface area contributed by atoms with E-state index in [0.717, 1.165) is 17.2 Å². The van der Waals surface area contributed by atoms with Crippen LogP contribution in [0.4, 0.5) is 5.69 Å². The molecule has 0 aliphatic carbocycles. The zero-order chi connectivity index (χ0) is 19.1. The van der Waals surface area contributed by atoms with Gasteiger partial charge in [-0.15, -0.1) is 10.2 Å². The molecule has 136 valence electrons. The highest BCUT2D eigenvalue weighted by Gasteiger charge is 2.10. The summed E-state index contributed by atoms with van der Waals surface area (Å²) in [7, 11) is 0. The Kier molecular flexibility index (Phi) is 5.73. The summed E-state index contributed by atoms with van der Waals surface area (Å²) in [5, 5.41) is 19.3. The summed E-state index contributed by atoms with van der Waals surface area (Å²) in [6.07, 6.45) is 3.08. The molecular weight excluding hydrogens is 346 g/mol. The molecule has 3 aromatic rings. The Bertz CT molecular complexity index is 947. The second kappa shape index (κ2) is 8.57. The van der Waals surface area contributed by atoms with Gasteiger partial charge in [-0.3, -0.25) is 4.79 Å². The van der Waals surface area contributed by atoms with Crippen molar-refractivity contribution in [3.05, 3.63) is 72.1 Å². The quantitative estimate of drug-likeness (QED) is 0.623. The van der Waals surface area contributed by atoms with Crippen LogP contribution in [0.15, 0.2) is 65.1 Å². The van der Waals surface area contributed by atoms with E-state index >= 15 is 0 Å². The predicted molar refractivity (Wildman–Crippen MR) is 99.8 cm³/mol. The van der Waals surface area contributed by atoms with Crippen LogP contribution in [-0.4, -0.2) is 27.2 Å². The lowest BCUT2D eigenvalue weighted by atomic mass is 10.2. The topological polar surface area (TPSA) is 105 Å². The molecule has 7 heteroatoms. The normalized spacial score (nSPS) is 10.8. The molecule has 0 bridgehead atoms. The molecule has 0 unspecified atom stereocenters. The molecule has 1 heterocycles. The Hall–Kier alpha value is -3.74. The molecule has 0 aliphatic heterocycles. The van der Waals surface area contributed by atoms with Crippen molar-refractivity contribution < 1.29 is 19.1 Å². The molecule has 0 atom stereocenters. The molecule has 1 amide bonds. The highest BCUT2D eigenvalue weighted by molar-refractivity contribution is 5.91. The first-order valence-corrected chi connectivity index (χ1v) is 8.29. The molecule has 2 N–H and O–H groups in total. The minimum Gasteiger partial charge on any atom is -0.478 e. The van der Waals surface area contributed by atoms with E-state index in [-0.39, 0.29) is 12.3 Å². The lowest BCUT2D eigenvalue weighted by Gasteiger charge is -2.04. The number of carbonyl (C=O) groups excluding carboxylic acids is 1. The number of carboxylic acids is 1. The van der Waals surface area contributed by atoms with Gasteiger partial charge in [0.25, 0.3) is 0 Å². The minimum absolute atomic E-state index is 0.178. The van der Waals surface area contributed by atoms with Gasteiger partial charge in [0.1, 0.15) is 0 Å². The van der Waals surface area contributed by atoms with Gasteiger partial charge in [-0.1, -0.05) is 30.3 Å². The first kappa shape index (κ1) is 18.1. The van der Waals surface area contributed by atoms with Crippen molar-refractivity contribution in [1.82, 2.24) is 10.2 Å². The highest BCUT2D eigenvalue weighted by atomic mass is 16.4. The monoisotopic (exact) mass is 363 g/mol. The fourth-order valence-corrected chi connectivity index (χ4v) is 2.34. The molecule has 7 nitrogen and oxygen atoms in total. The van der Waals surface area contributed by atoms with Gasteiger partial charge in [-0.25, -0.2) is 4.79 Å². The van der Waals surface area contributed by atoms with Crippen molar-refractivity contribution in [1.29, 1.82) is 0 Å². The van der Waals surface area contributed by atoms with E-state index in [1.807, 2.05) is 30.3 Å². The van der Waals surface area contributed by atoms with Crippen LogP contribution in [-0.2, 0) is 16.0 Å². The molecule has 0 fully saturated rings. The average molecular weight is 363 g/mol. The number of hydrogen-bond acceptors (Lipinski definition) is 5. The van der Waals surface area contributed by atoms with Gasteiger partial charge in [0.2, 0.25) is 17.7 Å². The van der Waals surface area contributed by atoms with E-state index in [2.05, 4.69) is 15.5 Å². The molecule has 0 saturated heterocycles. The average Bonchev–Trinajstić information content (AvgIpc) is 3.16. The predicted octanol–water partition coefficient (Wildman–Crippen LogP) is 3.41. The van der Waals surface area contributed by atoms with Crippen LogP contribution in [0.3, 0.4) is 0 Å². The van der Waals surface area contributed by atoms with Crippen LogP contribution in [0.2, 0.25) is 0 Å². The van der Waals surface area contributed by atoms with Crippen molar-refractivity contribution in [2.45, 2.75) is 12.8 Å². The van der Waals surface area contributed by atoms with Crippen molar-refractivity contribution in [3.63, 3.8) is 0 Å². The first-order chi connectivity index (χ1) is 13.1. The second-order valence-electron chi connectivity index (χ2n) is 5.71. The maximum Gasteiger partial charge on any atom is 0.328 e. The summed E-state index contributed by atoms with van der Waals surface area (Å²) in [5.41, 5.74) is 2.19. The number of rotatable bonds is 7. The lowest BCUT2D eigenvalue weighted by Crippen LogP contribution is -2.12. The number of hydrogen-bond donors (Lipinski definition) is 2. The molecule has 27 heavy (non-hydrogen) atoms. The van der Waals surface area contributed by atoms with Crippen LogP contribution in [0.1, 0.15) is 17.9 Å². The van der Waals surface area contributed by atoms with E-state index in [9.17, 15) is 9.59 Å². The summed E-state index contributed by atoms with van der Waals surface area (Å²) in [6, 6.07) is 16.3. The molecule has 0 radical (unpaired) electrons. The summed E-state index contributed by atoms with van der Waals surface area (Å²) in [5.74, 6) is -0.360. The third-order valence-electron chi connectivity index (χ3n) is 3.67. The summed E-state index contributed by atoms with van der Waals surface area (Å²) < 4.78 is 5.57. The number of carbonyl (C=O) groups is 2. The Morgan fingerprint density at radius 3 is 2.48 bits per heavy atom. The number of nitrogens with one attached hydrogen (secondary N) is 1. The smallest absolute Gasteiger partial charge is 0.328 e. The number of amides is 1. The number of carboxylic acid groups (broad SMARTS) is 1. The number of nitrogens with zero attached hydrogens (tertiary/aromatic N) is 2. The van der Waals surface area contributed by atoms with Gasteiger partial charge >= 0.3 is 5.97 Å². The van der Waals surface area contributed by atoms with E-state index in [4.69, 9.17) is 9.52 Å². The van der Waals surface area contributed by atoms with Crippen LogP contribution >= 0.6 is 0 Å². The van der Waals surface area contributed by atoms with Crippen LogP contribution in [0.5, 0.6) is 0 Å². The number of benzene rings is 2. The summed E-state index contributed by atoms with van der Waals surface area (Å²) in [4.78, 5) is 22.6. The van der Waals surface area contributed by atoms with Crippen molar-refractivity contribution >= 4 is 23.6 Å². The van der Waals surface area contributed by atoms with Crippen LogP contribution < -0.4 is 5.32 Å². The number of anilines is 1. The second-order valence-corrected chi connectivity index (χ2v) is 5.71. The zero-order valence-electron chi connectivity index (χ0n) is 14.3. The molecule has 0 spiro atoms. The Morgan fingerprint density at radius 1 is 1.04 bits per heavy atom. The van der Waals surface area contributed by atoms with Crippen molar-refractivity contribution in [2.24, 2.45) is 0 Å². The van der Waals surface area contributed by atoms with Crippen LogP contribution in [0, 0.1) is 0 Å². The number of aryl methyl sites for hydroxylation is 1. The van der Waals surface area contributed by atoms with Gasteiger partial charge in [0, 0.05) is 30.2 Å². The molecular formula is C20H17N3O4. The summed E-state index contributed by atoms with van der Waals surface area (Å²) in [6.45, 7) is 0. The van der Waals surface area contributed by atoms with Crippen LogP contribution in [0.25, 0.3) is 17.5 Å². The Labute approximate surface area is 155 Å². The molecule has 2 aromatic carbocycles. The van der Waals surface area contributed by atoms with E-state index < -0.39 is 5.97 Å².